The quantitative estimate of drug-likeness (QED) is 0.693. The van der Waals surface area contributed by atoms with Gasteiger partial charge < -0.3 is 14.4 Å². The summed E-state index contributed by atoms with van der Waals surface area (Å²) in [6, 6.07) is 3.97. The SMILES string of the molecule is C=C(C(=O)N(C)C(C)(C)C)C1=C(C)c2cc(C=C(C)C)c(OC)cc2OC1. The van der Waals surface area contributed by atoms with Crippen molar-refractivity contribution in [2.45, 2.75) is 47.1 Å². The molecule has 1 heterocycles. The summed E-state index contributed by atoms with van der Waals surface area (Å²) in [7, 11) is 3.46. The Balaban J connectivity index is 2.51. The fourth-order valence-corrected chi connectivity index (χ4v) is 2.96. The summed E-state index contributed by atoms with van der Waals surface area (Å²) in [5.41, 5.74) is 5.21. The smallest absolute Gasteiger partial charge is 0.253 e. The minimum atomic E-state index is -0.272. The Morgan fingerprint density at radius 3 is 2.44 bits per heavy atom. The second kappa shape index (κ2) is 7.63. The molecule has 0 radical (unpaired) electrons. The van der Waals surface area contributed by atoms with Crippen LogP contribution in [0.3, 0.4) is 0 Å². The van der Waals surface area contributed by atoms with Gasteiger partial charge in [-0.1, -0.05) is 18.2 Å². The molecule has 146 valence electrons. The van der Waals surface area contributed by atoms with Gasteiger partial charge in [-0.15, -0.1) is 0 Å². The van der Waals surface area contributed by atoms with E-state index in [1.54, 1.807) is 19.1 Å². The van der Waals surface area contributed by atoms with E-state index in [4.69, 9.17) is 9.47 Å². The van der Waals surface area contributed by atoms with E-state index >= 15 is 0 Å². The van der Waals surface area contributed by atoms with E-state index in [2.05, 4.69) is 18.7 Å². The number of methoxy groups -OCH3 is 1. The van der Waals surface area contributed by atoms with E-state index in [1.165, 1.54) is 5.57 Å². The molecule has 0 spiro atoms. The Morgan fingerprint density at radius 1 is 1.30 bits per heavy atom. The third-order valence-electron chi connectivity index (χ3n) is 4.94. The predicted molar refractivity (Wildman–Crippen MR) is 112 cm³/mol. The number of benzene rings is 1. The number of hydrogen-bond acceptors (Lipinski definition) is 3. The first-order chi connectivity index (χ1) is 12.5. The number of fused-ring (bicyclic) bond motifs is 1. The average Bonchev–Trinajstić information content (AvgIpc) is 2.58. The number of hydrogen-bond donors (Lipinski definition) is 0. The van der Waals surface area contributed by atoms with Crippen LogP contribution in [-0.2, 0) is 4.79 Å². The van der Waals surface area contributed by atoms with Gasteiger partial charge in [0, 0.05) is 40.9 Å². The van der Waals surface area contributed by atoms with Gasteiger partial charge in [-0.05, 0) is 53.2 Å². The maximum atomic E-state index is 12.9. The highest BCUT2D eigenvalue weighted by molar-refractivity contribution is 6.00. The first kappa shape index (κ1) is 20.8. The van der Waals surface area contributed by atoms with Crippen molar-refractivity contribution in [2.24, 2.45) is 0 Å². The van der Waals surface area contributed by atoms with Crippen molar-refractivity contribution in [2.75, 3.05) is 20.8 Å². The zero-order valence-electron chi connectivity index (χ0n) is 17.8. The van der Waals surface area contributed by atoms with Crippen molar-refractivity contribution in [1.29, 1.82) is 0 Å². The lowest BCUT2D eigenvalue weighted by Crippen LogP contribution is -2.43. The van der Waals surface area contributed by atoms with Gasteiger partial charge in [-0.2, -0.15) is 0 Å². The number of allylic oxidation sites excluding steroid dienone is 2. The third-order valence-corrected chi connectivity index (χ3v) is 4.94. The summed E-state index contributed by atoms with van der Waals surface area (Å²) >= 11 is 0. The van der Waals surface area contributed by atoms with Crippen molar-refractivity contribution >= 4 is 17.6 Å². The minimum Gasteiger partial charge on any atom is -0.496 e. The summed E-state index contributed by atoms with van der Waals surface area (Å²) in [4.78, 5) is 14.6. The molecule has 0 aliphatic carbocycles. The van der Waals surface area contributed by atoms with Crippen LogP contribution in [0.1, 0.15) is 52.7 Å². The summed E-state index contributed by atoms with van der Waals surface area (Å²) in [6.07, 6.45) is 2.08. The minimum absolute atomic E-state index is 0.0815. The molecule has 0 atom stereocenters. The van der Waals surface area contributed by atoms with Crippen LogP contribution in [0.15, 0.2) is 35.4 Å². The summed E-state index contributed by atoms with van der Waals surface area (Å²) in [6.45, 7) is 16.5. The van der Waals surface area contributed by atoms with Gasteiger partial charge >= 0.3 is 0 Å². The number of likely N-dealkylation sites (N-methyl/N-ethyl adjacent to an activating group) is 1. The van der Waals surface area contributed by atoms with E-state index < -0.39 is 0 Å². The average molecular weight is 370 g/mol. The van der Waals surface area contributed by atoms with E-state index in [9.17, 15) is 4.79 Å². The summed E-state index contributed by atoms with van der Waals surface area (Å²) in [5.74, 6) is 1.46. The third kappa shape index (κ3) is 4.26. The highest BCUT2D eigenvalue weighted by Crippen LogP contribution is 2.40. The number of carbonyl (C=O) groups is 1. The zero-order valence-corrected chi connectivity index (χ0v) is 17.8. The van der Waals surface area contributed by atoms with Crippen LogP contribution in [0.5, 0.6) is 11.5 Å². The molecule has 0 unspecified atom stereocenters. The molecule has 2 rings (SSSR count). The predicted octanol–water partition coefficient (Wildman–Crippen LogP) is 5.10. The molecule has 0 saturated heterocycles. The second-order valence-corrected chi connectivity index (χ2v) is 8.22. The number of rotatable bonds is 4. The first-order valence-electron chi connectivity index (χ1n) is 9.14. The summed E-state index contributed by atoms with van der Waals surface area (Å²) < 4.78 is 11.5. The van der Waals surface area contributed by atoms with E-state index in [1.807, 2.05) is 47.6 Å². The van der Waals surface area contributed by atoms with E-state index in [-0.39, 0.29) is 11.4 Å². The maximum absolute atomic E-state index is 12.9. The number of ether oxygens (including phenoxy) is 2. The Morgan fingerprint density at radius 2 is 1.93 bits per heavy atom. The standard InChI is InChI=1S/C23H31NO3/c1-14(2)10-17-11-18-15(3)19(13-27-21(18)12-20(17)26-9)16(4)22(25)24(8)23(5,6)7/h10-12H,4,13H2,1-3,5-9H3. The summed E-state index contributed by atoms with van der Waals surface area (Å²) in [5, 5.41) is 0. The van der Waals surface area contributed by atoms with Crippen molar-refractivity contribution in [3.05, 3.63) is 46.6 Å². The maximum Gasteiger partial charge on any atom is 0.253 e. The molecule has 0 saturated carbocycles. The first-order valence-corrected chi connectivity index (χ1v) is 9.14. The Labute approximate surface area is 163 Å². The molecule has 4 nitrogen and oxygen atoms in total. The van der Waals surface area contributed by atoms with Gasteiger partial charge in [0.2, 0.25) is 0 Å². The van der Waals surface area contributed by atoms with E-state index in [0.29, 0.717) is 12.2 Å². The van der Waals surface area contributed by atoms with Crippen LogP contribution in [0.25, 0.3) is 11.6 Å². The van der Waals surface area contributed by atoms with Gasteiger partial charge in [-0.25, -0.2) is 0 Å². The molecule has 1 aliphatic rings. The van der Waals surface area contributed by atoms with Crippen molar-refractivity contribution in [3.8, 4) is 11.5 Å². The molecule has 1 aliphatic heterocycles. The van der Waals surface area contributed by atoms with Crippen molar-refractivity contribution < 1.29 is 14.3 Å². The number of amides is 1. The molecule has 0 aromatic heterocycles. The number of nitrogens with zero attached hydrogens (tertiary/aromatic N) is 1. The molecule has 27 heavy (non-hydrogen) atoms. The molecular formula is C23H31NO3. The molecule has 1 aromatic carbocycles. The molecule has 1 amide bonds. The Hall–Kier alpha value is -2.49. The van der Waals surface area contributed by atoms with Crippen molar-refractivity contribution in [1.82, 2.24) is 4.90 Å². The van der Waals surface area contributed by atoms with Gasteiger partial charge in [0.25, 0.3) is 5.91 Å². The highest BCUT2D eigenvalue weighted by Gasteiger charge is 2.29. The van der Waals surface area contributed by atoms with Crippen LogP contribution in [0.2, 0.25) is 0 Å². The lowest BCUT2D eigenvalue weighted by molar-refractivity contribution is -0.129. The second-order valence-electron chi connectivity index (χ2n) is 8.22. The molecule has 0 fully saturated rings. The van der Waals surface area contributed by atoms with Crippen LogP contribution in [-0.4, -0.2) is 37.1 Å². The number of carbonyl (C=O) groups excluding carboxylic acids is 1. The van der Waals surface area contributed by atoms with E-state index in [0.717, 1.165) is 33.8 Å². The van der Waals surface area contributed by atoms with Crippen LogP contribution < -0.4 is 9.47 Å². The fraction of sp³-hybridized carbons (Fsp3) is 0.435. The van der Waals surface area contributed by atoms with Crippen LogP contribution >= 0.6 is 0 Å². The lowest BCUT2D eigenvalue weighted by Gasteiger charge is -2.34. The molecule has 0 bridgehead atoms. The highest BCUT2D eigenvalue weighted by atomic mass is 16.5. The fourth-order valence-electron chi connectivity index (χ4n) is 2.96. The van der Waals surface area contributed by atoms with Crippen LogP contribution in [0.4, 0.5) is 0 Å². The van der Waals surface area contributed by atoms with Crippen LogP contribution in [0, 0.1) is 0 Å². The van der Waals surface area contributed by atoms with Crippen molar-refractivity contribution in [3.63, 3.8) is 0 Å². The molecule has 4 heteroatoms. The topological polar surface area (TPSA) is 38.8 Å². The zero-order chi connectivity index (χ0) is 20.5. The molecule has 0 N–H and O–H groups in total. The van der Waals surface area contributed by atoms with Gasteiger partial charge in [0.1, 0.15) is 18.1 Å². The molecular weight excluding hydrogens is 338 g/mol. The molecule has 1 aromatic rings. The van der Waals surface area contributed by atoms with Gasteiger partial charge in [0.05, 0.1) is 7.11 Å². The monoisotopic (exact) mass is 369 g/mol. The van der Waals surface area contributed by atoms with Gasteiger partial charge in [0.15, 0.2) is 0 Å². The Bertz CT molecular complexity index is 834. The van der Waals surface area contributed by atoms with Gasteiger partial charge in [-0.3, -0.25) is 4.79 Å². The largest absolute Gasteiger partial charge is 0.496 e. The Kier molecular flexibility index (Phi) is 5.88. The normalized spacial score (nSPS) is 13.5. The lowest BCUT2D eigenvalue weighted by atomic mass is 9.91.